The zero-order valence-corrected chi connectivity index (χ0v) is 13.4. The standard InChI is InChI=1S/C14H17N3O2S2/c1-9(12(18)15-10-5-2-3-6-10)21-14-17-16-13(19-14)11-7-4-8-20-11/h4,7-10H,2-3,5-6H2,1H3,(H,15,18)/t9-/m1/s1. The van der Waals surface area contributed by atoms with Gasteiger partial charge in [-0.1, -0.05) is 30.7 Å². The molecule has 0 aromatic carbocycles. The van der Waals surface area contributed by atoms with Gasteiger partial charge < -0.3 is 9.73 Å². The van der Waals surface area contributed by atoms with Gasteiger partial charge in [0.25, 0.3) is 11.1 Å². The first kappa shape index (κ1) is 14.6. The first-order valence-corrected chi connectivity index (χ1v) is 8.83. The van der Waals surface area contributed by atoms with Crippen LogP contribution in [0.1, 0.15) is 32.6 Å². The van der Waals surface area contributed by atoms with E-state index in [9.17, 15) is 4.79 Å². The van der Waals surface area contributed by atoms with E-state index in [0.717, 1.165) is 17.7 Å². The largest absolute Gasteiger partial charge is 0.410 e. The normalized spacial score (nSPS) is 17.0. The minimum Gasteiger partial charge on any atom is -0.410 e. The number of carbonyl (C=O) groups is 1. The minimum absolute atomic E-state index is 0.0442. The van der Waals surface area contributed by atoms with Gasteiger partial charge in [-0.25, -0.2) is 0 Å². The molecule has 1 aliphatic carbocycles. The van der Waals surface area contributed by atoms with Gasteiger partial charge in [0.2, 0.25) is 5.91 Å². The van der Waals surface area contributed by atoms with E-state index in [1.807, 2.05) is 24.4 Å². The molecular formula is C14H17N3O2S2. The topological polar surface area (TPSA) is 68.0 Å². The molecule has 0 aliphatic heterocycles. The predicted octanol–water partition coefficient (Wildman–Crippen LogP) is 3.34. The van der Waals surface area contributed by atoms with Gasteiger partial charge in [0, 0.05) is 6.04 Å². The fourth-order valence-corrected chi connectivity index (χ4v) is 3.69. The van der Waals surface area contributed by atoms with Crippen molar-refractivity contribution in [2.45, 2.75) is 49.1 Å². The second kappa shape index (κ2) is 6.62. The SMILES string of the molecule is C[C@@H](Sc1nnc(-c2cccs2)o1)C(=O)NC1CCCC1. The summed E-state index contributed by atoms with van der Waals surface area (Å²) in [6.45, 7) is 1.87. The Hall–Kier alpha value is -1.34. The third-order valence-corrected chi connectivity index (χ3v) is 5.28. The van der Waals surface area contributed by atoms with E-state index < -0.39 is 0 Å². The number of amides is 1. The smallest absolute Gasteiger partial charge is 0.277 e. The van der Waals surface area contributed by atoms with E-state index in [2.05, 4.69) is 15.5 Å². The van der Waals surface area contributed by atoms with E-state index in [4.69, 9.17) is 4.42 Å². The molecule has 2 aromatic heterocycles. The van der Waals surface area contributed by atoms with Crippen LogP contribution in [0.5, 0.6) is 0 Å². The van der Waals surface area contributed by atoms with Gasteiger partial charge in [-0.3, -0.25) is 4.79 Å². The Balaban J connectivity index is 1.56. The van der Waals surface area contributed by atoms with Gasteiger partial charge in [0.15, 0.2) is 0 Å². The van der Waals surface area contributed by atoms with Crippen LogP contribution in [0.3, 0.4) is 0 Å². The Labute approximate surface area is 131 Å². The molecule has 1 aliphatic rings. The monoisotopic (exact) mass is 323 g/mol. The maximum Gasteiger partial charge on any atom is 0.277 e. The molecule has 1 N–H and O–H groups in total. The molecule has 0 radical (unpaired) electrons. The maximum atomic E-state index is 12.1. The van der Waals surface area contributed by atoms with Gasteiger partial charge >= 0.3 is 0 Å². The van der Waals surface area contributed by atoms with E-state index in [-0.39, 0.29) is 11.2 Å². The van der Waals surface area contributed by atoms with Crippen LogP contribution in [0.2, 0.25) is 0 Å². The summed E-state index contributed by atoms with van der Waals surface area (Å²) >= 11 is 2.86. The lowest BCUT2D eigenvalue weighted by Crippen LogP contribution is -2.37. The van der Waals surface area contributed by atoms with Crippen LogP contribution < -0.4 is 5.32 Å². The zero-order chi connectivity index (χ0) is 14.7. The lowest BCUT2D eigenvalue weighted by atomic mass is 10.2. The first-order valence-electron chi connectivity index (χ1n) is 7.07. The maximum absolute atomic E-state index is 12.1. The van der Waals surface area contributed by atoms with E-state index in [1.54, 1.807) is 11.3 Å². The Kier molecular flexibility index (Phi) is 4.60. The molecule has 3 rings (SSSR count). The highest BCUT2D eigenvalue weighted by atomic mass is 32.2. The van der Waals surface area contributed by atoms with Crippen LogP contribution in [0.4, 0.5) is 0 Å². The van der Waals surface area contributed by atoms with Crippen LogP contribution >= 0.6 is 23.1 Å². The number of hydrogen-bond donors (Lipinski definition) is 1. The highest BCUT2D eigenvalue weighted by Gasteiger charge is 2.23. The third kappa shape index (κ3) is 3.65. The van der Waals surface area contributed by atoms with Crippen LogP contribution in [0.15, 0.2) is 27.2 Å². The van der Waals surface area contributed by atoms with E-state index in [0.29, 0.717) is 17.2 Å². The van der Waals surface area contributed by atoms with Crippen molar-refractivity contribution < 1.29 is 9.21 Å². The Morgan fingerprint density at radius 3 is 3.00 bits per heavy atom. The number of carbonyl (C=O) groups excluding carboxylic acids is 1. The van der Waals surface area contributed by atoms with E-state index in [1.165, 1.54) is 24.6 Å². The Bertz CT molecular complexity index is 591. The predicted molar refractivity (Wildman–Crippen MR) is 83.3 cm³/mol. The van der Waals surface area contributed by atoms with Crippen LogP contribution in [0.25, 0.3) is 10.8 Å². The Morgan fingerprint density at radius 1 is 1.48 bits per heavy atom. The molecule has 112 valence electrons. The molecule has 1 atom stereocenters. The second-order valence-corrected chi connectivity index (χ2v) is 7.34. The molecule has 2 heterocycles. The molecule has 5 nitrogen and oxygen atoms in total. The highest BCUT2D eigenvalue weighted by molar-refractivity contribution is 8.00. The third-order valence-electron chi connectivity index (χ3n) is 3.49. The molecule has 1 saturated carbocycles. The molecule has 0 bridgehead atoms. The highest BCUT2D eigenvalue weighted by Crippen LogP contribution is 2.28. The van der Waals surface area contributed by atoms with Crippen molar-refractivity contribution in [1.29, 1.82) is 0 Å². The van der Waals surface area contributed by atoms with Gasteiger partial charge in [0.1, 0.15) is 0 Å². The summed E-state index contributed by atoms with van der Waals surface area (Å²) in [5.74, 6) is 0.554. The van der Waals surface area contributed by atoms with Crippen molar-refractivity contribution in [2.75, 3.05) is 0 Å². The summed E-state index contributed by atoms with van der Waals surface area (Å²) in [6.07, 6.45) is 4.60. The van der Waals surface area contributed by atoms with Crippen molar-refractivity contribution in [1.82, 2.24) is 15.5 Å². The van der Waals surface area contributed by atoms with Crippen molar-refractivity contribution in [3.05, 3.63) is 17.5 Å². The summed E-state index contributed by atoms with van der Waals surface area (Å²) < 4.78 is 5.59. The lowest BCUT2D eigenvalue weighted by molar-refractivity contribution is -0.120. The molecule has 1 amide bonds. The second-order valence-electron chi connectivity index (χ2n) is 5.10. The first-order chi connectivity index (χ1) is 10.2. The van der Waals surface area contributed by atoms with Crippen LogP contribution in [-0.2, 0) is 4.79 Å². The fraction of sp³-hybridized carbons (Fsp3) is 0.500. The number of nitrogens with one attached hydrogen (secondary N) is 1. The lowest BCUT2D eigenvalue weighted by Gasteiger charge is -2.14. The summed E-state index contributed by atoms with van der Waals surface area (Å²) in [5.41, 5.74) is 0. The number of thioether (sulfide) groups is 1. The van der Waals surface area contributed by atoms with Crippen molar-refractivity contribution in [3.8, 4) is 10.8 Å². The number of nitrogens with zero attached hydrogens (tertiary/aromatic N) is 2. The zero-order valence-electron chi connectivity index (χ0n) is 11.7. The fourth-order valence-electron chi connectivity index (χ4n) is 2.35. The van der Waals surface area contributed by atoms with Crippen LogP contribution in [0, 0.1) is 0 Å². The average Bonchev–Trinajstić information content (AvgIpc) is 3.20. The summed E-state index contributed by atoms with van der Waals surface area (Å²) in [7, 11) is 0. The van der Waals surface area contributed by atoms with E-state index >= 15 is 0 Å². The molecule has 0 saturated heterocycles. The molecule has 2 aromatic rings. The van der Waals surface area contributed by atoms with Gasteiger partial charge in [-0.15, -0.1) is 21.5 Å². The van der Waals surface area contributed by atoms with Crippen LogP contribution in [-0.4, -0.2) is 27.4 Å². The number of aromatic nitrogens is 2. The molecule has 0 spiro atoms. The van der Waals surface area contributed by atoms with Crippen molar-refractivity contribution in [2.24, 2.45) is 0 Å². The molecule has 1 fully saturated rings. The minimum atomic E-state index is -0.234. The summed E-state index contributed by atoms with van der Waals surface area (Å²) in [5, 5.41) is 13.3. The molecule has 21 heavy (non-hydrogen) atoms. The van der Waals surface area contributed by atoms with Gasteiger partial charge in [0.05, 0.1) is 10.1 Å². The molecular weight excluding hydrogens is 306 g/mol. The quantitative estimate of drug-likeness (QED) is 0.855. The number of rotatable bonds is 5. The van der Waals surface area contributed by atoms with Gasteiger partial charge in [-0.05, 0) is 31.2 Å². The summed E-state index contributed by atoms with van der Waals surface area (Å²) in [6, 6.07) is 4.21. The van der Waals surface area contributed by atoms with Crippen molar-refractivity contribution in [3.63, 3.8) is 0 Å². The van der Waals surface area contributed by atoms with Gasteiger partial charge in [-0.2, -0.15) is 0 Å². The molecule has 0 unspecified atom stereocenters. The molecule has 7 heteroatoms. The summed E-state index contributed by atoms with van der Waals surface area (Å²) in [4.78, 5) is 13.1. The Morgan fingerprint density at radius 2 is 2.29 bits per heavy atom. The van der Waals surface area contributed by atoms with Crippen molar-refractivity contribution >= 4 is 29.0 Å². The number of thiophene rings is 1. The average molecular weight is 323 g/mol. The number of hydrogen-bond acceptors (Lipinski definition) is 6.